The second-order valence-corrected chi connectivity index (χ2v) is 4.56. The van der Waals surface area contributed by atoms with Gasteiger partial charge in [-0.3, -0.25) is 0 Å². The van der Waals surface area contributed by atoms with Crippen LogP contribution in [0.15, 0.2) is 16.6 Å². The van der Waals surface area contributed by atoms with Crippen molar-refractivity contribution in [1.82, 2.24) is 0 Å². The number of benzene rings is 1. The molecule has 0 aliphatic carbocycles. The van der Waals surface area contributed by atoms with Gasteiger partial charge in [0, 0.05) is 0 Å². The topological polar surface area (TPSA) is 84.6 Å². The number of rotatable bonds is 4. The number of esters is 1. The van der Waals surface area contributed by atoms with Crippen LogP contribution in [0.3, 0.4) is 0 Å². The van der Waals surface area contributed by atoms with Gasteiger partial charge in [-0.2, -0.15) is 0 Å². The third-order valence-corrected chi connectivity index (χ3v) is 2.99. The van der Waals surface area contributed by atoms with E-state index >= 15 is 0 Å². The third-order valence-electron chi connectivity index (χ3n) is 2.38. The smallest absolute Gasteiger partial charge is 0.330 e. The summed E-state index contributed by atoms with van der Waals surface area (Å²) in [6.45, 7) is 1.42. The standard InChI is InChI=1S/C11H14BrFN2O3/c1-5(16)10(11(17)18-2)15-7-4-3-6(12)8(13)9(7)14/h3-5,10,15-16H,14H2,1-2H3. The highest BCUT2D eigenvalue weighted by atomic mass is 79.9. The minimum atomic E-state index is -1.02. The second-order valence-electron chi connectivity index (χ2n) is 3.71. The van der Waals surface area contributed by atoms with Gasteiger partial charge in [0.05, 0.1) is 29.1 Å². The molecular weight excluding hydrogens is 307 g/mol. The number of carbonyl (C=O) groups excluding carboxylic acids is 1. The molecule has 0 bridgehead atoms. The lowest BCUT2D eigenvalue weighted by atomic mass is 10.1. The van der Waals surface area contributed by atoms with Crippen molar-refractivity contribution >= 4 is 33.3 Å². The van der Waals surface area contributed by atoms with Gasteiger partial charge >= 0.3 is 5.97 Å². The van der Waals surface area contributed by atoms with Gasteiger partial charge in [0.2, 0.25) is 0 Å². The Bertz CT molecular complexity index is 454. The van der Waals surface area contributed by atoms with Gasteiger partial charge < -0.3 is 20.9 Å². The summed E-state index contributed by atoms with van der Waals surface area (Å²) in [6.07, 6.45) is -1.01. The molecule has 7 heteroatoms. The number of aliphatic hydroxyl groups is 1. The summed E-state index contributed by atoms with van der Waals surface area (Å²) in [5.74, 6) is -1.29. The molecule has 5 nitrogen and oxygen atoms in total. The molecule has 2 atom stereocenters. The number of hydrogen-bond donors (Lipinski definition) is 3. The van der Waals surface area contributed by atoms with E-state index in [4.69, 9.17) is 5.73 Å². The normalized spacial score (nSPS) is 13.8. The summed E-state index contributed by atoms with van der Waals surface area (Å²) < 4.78 is 18.3. The lowest BCUT2D eigenvalue weighted by Gasteiger charge is -2.21. The van der Waals surface area contributed by atoms with E-state index in [0.29, 0.717) is 0 Å². The van der Waals surface area contributed by atoms with Crippen LogP contribution in [-0.2, 0) is 9.53 Å². The number of nitrogen functional groups attached to an aromatic ring is 1. The fourth-order valence-corrected chi connectivity index (χ4v) is 1.71. The summed E-state index contributed by atoms with van der Waals surface area (Å²) >= 11 is 2.99. The first-order valence-electron chi connectivity index (χ1n) is 5.14. The molecule has 0 heterocycles. The molecule has 0 aliphatic heterocycles. The Balaban J connectivity index is 3.02. The molecule has 0 aromatic heterocycles. The van der Waals surface area contributed by atoms with Crippen LogP contribution < -0.4 is 11.1 Å². The lowest BCUT2D eigenvalue weighted by molar-refractivity contribution is -0.143. The van der Waals surface area contributed by atoms with Crippen LogP contribution in [-0.4, -0.2) is 30.3 Å². The monoisotopic (exact) mass is 320 g/mol. The number of hydrogen-bond acceptors (Lipinski definition) is 5. The minimum Gasteiger partial charge on any atom is -0.467 e. The van der Waals surface area contributed by atoms with Gasteiger partial charge in [0.15, 0.2) is 11.9 Å². The van der Waals surface area contributed by atoms with Crippen LogP contribution in [0, 0.1) is 5.82 Å². The molecule has 0 fully saturated rings. The van der Waals surface area contributed by atoms with Gasteiger partial charge in [0.1, 0.15) is 0 Å². The number of halogens is 2. The van der Waals surface area contributed by atoms with Crippen molar-refractivity contribution in [2.75, 3.05) is 18.2 Å². The van der Waals surface area contributed by atoms with E-state index < -0.39 is 23.9 Å². The molecule has 0 saturated heterocycles. The first-order valence-corrected chi connectivity index (χ1v) is 5.93. The molecular formula is C11H14BrFN2O3. The lowest BCUT2D eigenvalue weighted by Crippen LogP contribution is -2.40. The number of aliphatic hydroxyl groups excluding tert-OH is 1. The highest BCUT2D eigenvalue weighted by Crippen LogP contribution is 2.28. The highest BCUT2D eigenvalue weighted by molar-refractivity contribution is 9.10. The van der Waals surface area contributed by atoms with Crippen LogP contribution in [0.5, 0.6) is 0 Å². The zero-order valence-corrected chi connectivity index (χ0v) is 11.5. The number of carbonyl (C=O) groups is 1. The minimum absolute atomic E-state index is 0.140. The molecule has 100 valence electrons. The van der Waals surface area contributed by atoms with Gasteiger partial charge in [-0.15, -0.1) is 0 Å². The number of methoxy groups -OCH3 is 1. The fraction of sp³-hybridized carbons (Fsp3) is 0.364. The third kappa shape index (κ3) is 3.11. The Hall–Kier alpha value is -1.34. The van der Waals surface area contributed by atoms with Crippen molar-refractivity contribution in [3.63, 3.8) is 0 Å². The highest BCUT2D eigenvalue weighted by Gasteiger charge is 2.25. The van der Waals surface area contributed by atoms with Gasteiger partial charge in [-0.25, -0.2) is 9.18 Å². The van der Waals surface area contributed by atoms with Crippen molar-refractivity contribution < 1.29 is 19.0 Å². The van der Waals surface area contributed by atoms with Crippen molar-refractivity contribution in [1.29, 1.82) is 0 Å². The van der Waals surface area contributed by atoms with Crippen molar-refractivity contribution in [2.24, 2.45) is 0 Å². The number of ether oxygens (including phenoxy) is 1. The Kier molecular flexibility index (Phi) is 4.92. The van der Waals surface area contributed by atoms with Gasteiger partial charge in [-0.05, 0) is 35.0 Å². The van der Waals surface area contributed by atoms with E-state index in [9.17, 15) is 14.3 Å². The van der Waals surface area contributed by atoms with E-state index in [2.05, 4.69) is 26.0 Å². The molecule has 0 spiro atoms. The number of nitrogens with one attached hydrogen (secondary N) is 1. The summed E-state index contributed by atoms with van der Waals surface area (Å²) in [5, 5.41) is 12.1. The number of nitrogens with two attached hydrogens (primary N) is 1. The quantitative estimate of drug-likeness (QED) is 0.578. The Morgan fingerprint density at radius 1 is 1.61 bits per heavy atom. The summed E-state index contributed by atoms with van der Waals surface area (Å²) in [6, 6.07) is 1.93. The summed E-state index contributed by atoms with van der Waals surface area (Å²) in [4.78, 5) is 11.4. The first kappa shape index (κ1) is 14.7. The molecule has 18 heavy (non-hydrogen) atoms. The fourth-order valence-electron chi connectivity index (χ4n) is 1.36. The molecule has 0 saturated carbocycles. The van der Waals surface area contributed by atoms with E-state index in [-0.39, 0.29) is 15.8 Å². The zero-order valence-electron chi connectivity index (χ0n) is 9.91. The van der Waals surface area contributed by atoms with E-state index in [1.165, 1.54) is 26.2 Å². The molecule has 0 radical (unpaired) electrons. The van der Waals surface area contributed by atoms with Crippen LogP contribution in [0.2, 0.25) is 0 Å². The summed E-state index contributed by atoms with van der Waals surface area (Å²) in [7, 11) is 1.20. The summed E-state index contributed by atoms with van der Waals surface area (Å²) in [5.41, 5.74) is 5.65. The van der Waals surface area contributed by atoms with Gasteiger partial charge in [-0.1, -0.05) is 0 Å². The Labute approximate surface area is 112 Å². The molecule has 2 unspecified atom stereocenters. The van der Waals surface area contributed by atoms with Crippen LogP contribution in [0.25, 0.3) is 0 Å². The number of anilines is 2. The van der Waals surface area contributed by atoms with Crippen LogP contribution >= 0.6 is 15.9 Å². The molecule has 1 aromatic rings. The zero-order chi connectivity index (χ0) is 13.9. The molecule has 4 N–H and O–H groups in total. The largest absolute Gasteiger partial charge is 0.467 e. The van der Waals surface area contributed by atoms with E-state index in [1.54, 1.807) is 0 Å². The maximum Gasteiger partial charge on any atom is 0.330 e. The van der Waals surface area contributed by atoms with Crippen molar-refractivity contribution in [3.05, 3.63) is 22.4 Å². The van der Waals surface area contributed by atoms with Crippen molar-refractivity contribution in [2.45, 2.75) is 19.1 Å². The molecule has 0 aliphatic rings. The Morgan fingerprint density at radius 3 is 2.72 bits per heavy atom. The predicted molar refractivity (Wildman–Crippen MR) is 69.6 cm³/mol. The van der Waals surface area contributed by atoms with Crippen LogP contribution in [0.1, 0.15) is 6.92 Å². The maximum absolute atomic E-state index is 13.5. The maximum atomic E-state index is 13.5. The SMILES string of the molecule is COC(=O)C(Nc1ccc(Br)c(F)c1N)C(C)O. The van der Waals surface area contributed by atoms with E-state index in [0.717, 1.165) is 0 Å². The first-order chi connectivity index (χ1) is 8.38. The predicted octanol–water partition coefficient (Wildman–Crippen LogP) is 1.50. The van der Waals surface area contributed by atoms with Gasteiger partial charge in [0.25, 0.3) is 0 Å². The molecule has 1 rings (SSSR count). The average molecular weight is 321 g/mol. The molecule has 0 amide bonds. The average Bonchev–Trinajstić information content (AvgIpc) is 2.34. The van der Waals surface area contributed by atoms with Crippen LogP contribution in [0.4, 0.5) is 15.8 Å². The van der Waals surface area contributed by atoms with E-state index in [1.807, 2.05) is 0 Å². The van der Waals surface area contributed by atoms with Crippen molar-refractivity contribution in [3.8, 4) is 0 Å². The Morgan fingerprint density at radius 2 is 2.22 bits per heavy atom. The second kappa shape index (κ2) is 6.01. The molecule has 1 aromatic carbocycles.